The molecule has 0 saturated carbocycles. The van der Waals surface area contributed by atoms with Crippen molar-refractivity contribution < 1.29 is 44.3 Å². The first-order chi connectivity index (χ1) is 23.0. The molecule has 0 unspecified atom stereocenters. The fourth-order valence-electron chi connectivity index (χ4n) is 5.73. The van der Waals surface area contributed by atoms with Crippen molar-refractivity contribution in [3.63, 3.8) is 0 Å². The minimum Gasteiger partial charge on any atom is -0.478 e. The molecule has 0 saturated heterocycles. The molecule has 0 spiro atoms. The van der Waals surface area contributed by atoms with E-state index in [0.29, 0.717) is 29.2 Å². The lowest BCUT2D eigenvalue weighted by Crippen LogP contribution is -2.37. The Morgan fingerprint density at radius 2 is 1.48 bits per heavy atom. The highest BCUT2D eigenvalue weighted by Crippen LogP contribution is 2.37. The maximum atomic E-state index is 14.4. The third-order valence-electron chi connectivity index (χ3n) is 8.01. The Morgan fingerprint density at radius 3 is 2.15 bits per heavy atom. The van der Waals surface area contributed by atoms with Crippen LogP contribution >= 0.6 is 0 Å². The summed E-state index contributed by atoms with van der Waals surface area (Å²) in [6, 6.07) is 21.6. The van der Waals surface area contributed by atoms with Crippen LogP contribution in [0.4, 0.5) is 5.69 Å². The minimum absolute atomic E-state index is 0.00527. The van der Waals surface area contributed by atoms with Crippen LogP contribution in [-0.2, 0) is 24.4 Å². The zero-order chi connectivity index (χ0) is 34.4. The standard InChI is InChI=1S/C35H29N3O10/c39-32(27-16-29(34(42)43)30(35(44)45)17-28(27)33(40)41)37(31-10-4-8-24-7-1-2-9-26(24)31)19-23-6-3-5-22(15-23)18-36-48-20-21-11-13-25(14-12-21)38(46)47/h1-3,5-7,9,11-18,31H,4,8,10,19-20H2,(H,40,41)(H,42,43)(H,44,45)/t31-/m0/s1. The number of carbonyl (C=O) groups excluding carboxylic acids is 1. The van der Waals surface area contributed by atoms with E-state index in [2.05, 4.69) is 5.16 Å². The van der Waals surface area contributed by atoms with Crippen LogP contribution in [0.3, 0.4) is 0 Å². The summed E-state index contributed by atoms with van der Waals surface area (Å²) < 4.78 is 0. The number of fused-ring (bicyclic) bond motifs is 1. The van der Waals surface area contributed by atoms with Crippen molar-refractivity contribution in [3.05, 3.63) is 145 Å². The number of benzene rings is 4. The number of non-ortho nitro benzene ring substituents is 1. The number of rotatable bonds is 12. The van der Waals surface area contributed by atoms with E-state index < -0.39 is 57.0 Å². The Balaban J connectivity index is 1.47. The van der Waals surface area contributed by atoms with Crippen molar-refractivity contribution in [2.75, 3.05) is 0 Å². The number of aromatic carboxylic acids is 3. The van der Waals surface area contributed by atoms with E-state index in [1.54, 1.807) is 36.4 Å². The summed E-state index contributed by atoms with van der Waals surface area (Å²) in [6.45, 7) is 0.0772. The number of nitrogens with zero attached hydrogens (tertiary/aromatic N) is 3. The van der Waals surface area contributed by atoms with Crippen LogP contribution in [0.2, 0.25) is 0 Å². The maximum absolute atomic E-state index is 14.4. The van der Waals surface area contributed by atoms with Crippen LogP contribution in [0.5, 0.6) is 0 Å². The lowest BCUT2D eigenvalue weighted by molar-refractivity contribution is -0.384. The van der Waals surface area contributed by atoms with Gasteiger partial charge in [-0.3, -0.25) is 14.9 Å². The molecule has 0 radical (unpaired) electrons. The quantitative estimate of drug-likeness (QED) is 0.0933. The highest BCUT2D eigenvalue weighted by Gasteiger charge is 2.33. The normalized spacial score (nSPS) is 13.8. The summed E-state index contributed by atoms with van der Waals surface area (Å²) in [7, 11) is 0. The smallest absolute Gasteiger partial charge is 0.336 e. The molecule has 4 aromatic rings. The molecule has 244 valence electrons. The molecule has 4 aromatic carbocycles. The van der Waals surface area contributed by atoms with Crippen molar-refractivity contribution in [2.45, 2.75) is 38.5 Å². The van der Waals surface area contributed by atoms with E-state index in [0.717, 1.165) is 30.0 Å². The van der Waals surface area contributed by atoms with Gasteiger partial charge >= 0.3 is 17.9 Å². The number of carboxylic acids is 3. The van der Waals surface area contributed by atoms with E-state index in [-0.39, 0.29) is 18.8 Å². The Labute approximate surface area is 273 Å². The second-order valence-electron chi connectivity index (χ2n) is 11.1. The Hall–Kier alpha value is -6.37. The highest BCUT2D eigenvalue weighted by atomic mass is 16.6. The first-order valence-electron chi connectivity index (χ1n) is 14.8. The van der Waals surface area contributed by atoms with Gasteiger partial charge in [0.05, 0.1) is 39.4 Å². The lowest BCUT2D eigenvalue weighted by atomic mass is 9.86. The van der Waals surface area contributed by atoms with Crippen LogP contribution in [0.15, 0.2) is 90.1 Å². The van der Waals surface area contributed by atoms with E-state index >= 15 is 0 Å². The van der Waals surface area contributed by atoms with E-state index in [4.69, 9.17) is 4.84 Å². The van der Waals surface area contributed by atoms with Gasteiger partial charge in [0.2, 0.25) is 0 Å². The van der Waals surface area contributed by atoms with Gasteiger partial charge < -0.3 is 25.1 Å². The third kappa shape index (κ3) is 7.36. The van der Waals surface area contributed by atoms with Gasteiger partial charge in [-0.2, -0.15) is 0 Å². The molecule has 3 N–H and O–H groups in total. The number of amides is 1. The molecule has 0 fully saturated rings. The molecule has 13 heteroatoms. The van der Waals surface area contributed by atoms with Gasteiger partial charge in [0.25, 0.3) is 11.6 Å². The summed E-state index contributed by atoms with van der Waals surface area (Å²) in [4.78, 5) is 67.6. The SMILES string of the molecule is O=C(O)c1cc(C(=O)O)c(C(=O)N(Cc2cccc(C=NOCc3ccc([N+](=O)[O-])cc3)c2)[C@H]2CCCc3ccccc32)cc1C(=O)O. The van der Waals surface area contributed by atoms with Gasteiger partial charge in [0.1, 0.15) is 6.61 Å². The average Bonchev–Trinajstić information content (AvgIpc) is 3.08. The summed E-state index contributed by atoms with van der Waals surface area (Å²) in [5, 5.41) is 44.1. The molecule has 1 aliphatic rings. The third-order valence-corrected chi connectivity index (χ3v) is 8.01. The number of oxime groups is 1. The van der Waals surface area contributed by atoms with Crippen molar-refractivity contribution in [1.29, 1.82) is 0 Å². The number of nitro groups is 1. The monoisotopic (exact) mass is 651 g/mol. The average molecular weight is 652 g/mol. The van der Waals surface area contributed by atoms with Crippen LogP contribution in [0.25, 0.3) is 0 Å². The second-order valence-corrected chi connectivity index (χ2v) is 11.1. The molecular formula is C35H29N3O10. The van der Waals surface area contributed by atoms with Crippen molar-refractivity contribution in [1.82, 2.24) is 4.90 Å². The molecule has 1 amide bonds. The zero-order valence-electron chi connectivity index (χ0n) is 25.3. The molecule has 0 heterocycles. The van der Waals surface area contributed by atoms with Crippen molar-refractivity contribution in [2.24, 2.45) is 5.16 Å². The van der Waals surface area contributed by atoms with Crippen molar-refractivity contribution in [3.8, 4) is 0 Å². The Morgan fingerprint density at radius 1 is 0.833 bits per heavy atom. The van der Waals surface area contributed by atoms with E-state index in [9.17, 15) is 44.6 Å². The fraction of sp³-hybridized carbons (Fsp3) is 0.171. The van der Waals surface area contributed by atoms with Gasteiger partial charge in [0.15, 0.2) is 0 Å². The van der Waals surface area contributed by atoms with Gasteiger partial charge in [-0.1, -0.05) is 47.6 Å². The first-order valence-corrected chi connectivity index (χ1v) is 14.8. The van der Waals surface area contributed by atoms with Gasteiger partial charge in [0, 0.05) is 18.7 Å². The second kappa shape index (κ2) is 14.4. The summed E-state index contributed by atoms with van der Waals surface area (Å²) >= 11 is 0. The number of hydrogen-bond acceptors (Lipinski definition) is 8. The molecule has 0 bridgehead atoms. The van der Waals surface area contributed by atoms with Crippen molar-refractivity contribution >= 4 is 35.7 Å². The highest BCUT2D eigenvalue weighted by molar-refractivity contribution is 6.10. The van der Waals surface area contributed by atoms with E-state index in [1.165, 1.54) is 23.2 Å². The topological polar surface area (TPSA) is 197 Å². The van der Waals surface area contributed by atoms with Gasteiger partial charge in [-0.15, -0.1) is 0 Å². The fourth-order valence-corrected chi connectivity index (χ4v) is 5.73. The zero-order valence-corrected chi connectivity index (χ0v) is 25.3. The maximum Gasteiger partial charge on any atom is 0.336 e. The van der Waals surface area contributed by atoms with Crippen LogP contribution in [0.1, 0.15) is 88.1 Å². The van der Waals surface area contributed by atoms with Crippen LogP contribution in [0, 0.1) is 10.1 Å². The molecule has 13 nitrogen and oxygen atoms in total. The lowest BCUT2D eigenvalue weighted by Gasteiger charge is -2.36. The molecule has 48 heavy (non-hydrogen) atoms. The number of aryl methyl sites for hydroxylation is 1. The van der Waals surface area contributed by atoms with E-state index in [1.807, 2.05) is 24.3 Å². The Bertz CT molecular complexity index is 1940. The molecule has 1 aliphatic carbocycles. The summed E-state index contributed by atoms with van der Waals surface area (Å²) in [5.74, 6) is -5.59. The minimum atomic E-state index is -1.64. The van der Waals surface area contributed by atoms with Gasteiger partial charge in [-0.05, 0) is 77.4 Å². The number of nitro benzene ring substituents is 1. The largest absolute Gasteiger partial charge is 0.478 e. The predicted octanol–water partition coefficient (Wildman–Crippen LogP) is 5.96. The summed E-state index contributed by atoms with van der Waals surface area (Å²) in [5.41, 5.74) is 1.32. The molecule has 5 rings (SSSR count). The molecule has 0 aliphatic heterocycles. The molecule has 0 aromatic heterocycles. The van der Waals surface area contributed by atoms with Crippen LogP contribution in [-0.4, -0.2) is 55.2 Å². The summed E-state index contributed by atoms with van der Waals surface area (Å²) in [6.07, 6.45) is 3.55. The molecule has 1 atom stereocenters. The number of carbonyl (C=O) groups is 4. The van der Waals surface area contributed by atoms with Gasteiger partial charge in [-0.25, -0.2) is 14.4 Å². The predicted molar refractivity (Wildman–Crippen MR) is 171 cm³/mol. The molecular weight excluding hydrogens is 622 g/mol. The number of carboxylic acid groups (broad SMARTS) is 3. The Kier molecular flexibility index (Phi) is 9.88. The van der Waals surface area contributed by atoms with Crippen LogP contribution < -0.4 is 0 Å². The first kappa shape index (κ1) is 33.0. The number of hydrogen-bond donors (Lipinski definition) is 3.